The van der Waals surface area contributed by atoms with Crippen molar-refractivity contribution in [2.75, 3.05) is 13.2 Å². The number of rotatable bonds is 9. The summed E-state index contributed by atoms with van der Waals surface area (Å²) in [7, 11) is -1.18. The number of hydrogen-bond donors (Lipinski definition) is 0. The lowest BCUT2D eigenvalue weighted by Crippen LogP contribution is -2.28. The number of carbonyl (C=O) groups excluding carboxylic acids is 3. The monoisotopic (exact) mass is 406 g/mol. The minimum absolute atomic E-state index is 0.0657. The van der Waals surface area contributed by atoms with Gasteiger partial charge in [-0.15, -0.1) is 11.8 Å². The second-order valence-corrected chi connectivity index (χ2v) is 13.7. The summed E-state index contributed by atoms with van der Waals surface area (Å²) in [6, 6.07) is 0.959. The second-order valence-electron chi connectivity index (χ2n) is 8.19. The molecule has 0 saturated heterocycles. The van der Waals surface area contributed by atoms with Crippen LogP contribution < -0.4 is 0 Å². The number of carbonyl (C=O) groups is 3. The molecule has 0 radical (unpaired) electrons. The average Bonchev–Trinajstić information content (AvgIpc) is 2.60. The summed E-state index contributed by atoms with van der Waals surface area (Å²) in [4.78, 5) is 37.3. The van der Waals surface area contributed by atoms with Crippen molar-refractivity contribution in [1.82, 2.24) is 0 Å². The molecule has 156 valence electrons. The van der Waals surface area contributed by atoms with Crippen molar-refractivity contribution < 1.29 is 23.9 Å². The van der Waals surface area contributed by atoms with Crippen molar-refractivity contribution in [2.24, 2.45) is 5.92 Å². The molecular weight excluding hydrogens is 372 g/mol. The first-order chi connectivity index (χ1) is 13.2. The molecule has 0 saturated carbocycles. The minimum atomic E-state index is -1.18. The Morgan fingerprint density at radius 2 is 1.75 bits per heavy atom. The summed E-state index contributed by atoms with van der Waals surface area (Å²) in [6.45, 7) is 10.8. The highest BCUT2D eigenvalue weighted by molar-refractivity contribution is 6.76. The Hall–Kier alpha value is -1.87. The highest BCUT2D eigenvalue weighted by Crippen LogP contribution is 2.32. The molecule has 1 atom stereocenters. The van der Waals surface area contributed by atoms with Crippen molar-refractivity contribution in [1.29, 1.82) is 0 Å². The molecule has 0 bridgehead atoms. The van der Waals surface area contributed by atoms with Crippen molar-refractivity contribution in [3.05, 3.63) is 11.1 Å². The van der Waals surface area contributed by atoms with Crippen LogP contribution in [-0.4, -0.2) is 39.0 Å². The highest BCUT2D eigenvalue weighted by Gasteiger charge is 2.34. The van der Waals surface area contributed by atoms with E-state index in [4.69, 9.17) is 9.47 Å². The van der Waals surface area contributed by atoms with Gasteiger partial charge in [-0.3, -0.25) is 9.59 Å². The fraction of sp³-hybridized carbons (Fsp3) is 0.682. The molecule has 1 aliphatic carbocycles. The number of Topliss-reactive ketones (excluding diaryl/α,β-unsaturated/α-hetero) is 1. The van der Waals surface area contributed by atoms with Gasteiger partial charge >= 0.3 is 11.9 Å². The van der Waals surface area contributed by atoms with Crippen molar-refractivity contribution >= 4 is 25.8 Å². The number of ketones is 1. The second kappa shape index (κ2) is 11.9. The van der Waals surface area contributed by atoms with E-state index in [2.05, 4.69) is 31.5 Å². The highest BCUT2D eigenvalue weighted by atomic mass is 28.3. The predicted molar refractivity (Wildman–Crippen MR) is 112 cm³/mol. The summed E-state index contributed by atoms with van der Waals surface area (Å²) in [5.74, 6) is 4.63. The third-order valence-corrected chi connectivity index (χ3v) is 5.70. The Labute approximate surface area is 170 Å². The molecule has 0 aromatic rings. The molecule has 0 spiro atoms. The van der Waals surface area contributed by atoms with Crippen LogP contribution in [0.3, 0.4) is 0 Å². The van der Waals surface area contributed by atoms with Gasteiger partial charge in [0, 0.05) is 18.9 Å². The molecule has 1 rings (SSSR count). The minimum Gasteiger partial charge on any atom is -0.466 e. The van der Waals surface area contributed by atoms with Gasteiger partial charge < -0.3 is 9.47 Å². The normalized spacial score (nSPS) is 15.5. The van der Waals surface area contributed by atoms with Crippen LogP contribution in [0.5, 0.6) is 0 Å². The molecule has 0 aliphatic heterocycles. The molecule has 28 heavy (non-hydrogen) atoms. The summed E-state index contributed by atoms with van der Waals surface area (Å²) >= 11 is 0. The molecule has 0 N–H and O–H groups in total. The molecule has 5 nitrogen and oxygen atoms in total. The first-order valence-electron chi connectivity index (χ1n) is 10.3. The molecule has 0 heterocycles. The summed E-state index contributed by atoms with van der Waals surface area (Å²) in [6.07, 6.45) is 3.43. The maximum absolute atomic E-state index is 12.6. The van der Waals surface area contributed by atoms with Gasteiger partial charge in [0.1, 0.15) is 5.57 Å². The van der Waals surface area contributed by atoms with Gasteiger partial charge in [-0.2, -0.15) is 0 Å². The lowest BCUT2D eigenvalue weighted by molar-refractivity contribution is -0.147. The smallest absolute Gasteiger partial charge is 0.341 e. The van der Waals surface area contributed by atoms with Crippen LogP contribution in [0.2, 0.25) is 25.7 Å². The number of unbranched alkanes of at least 4 members (excludes halogenated alkanes) is 1. The molecule has 6 heteroatoms. The molecule has 1 aliphatic rings. The van der Waals surface area contributed by atoms with Crippen molar-refractivity contribution in [3.8, 4) is 11.8 Å². The SMILES string of the molecule is CCOC(=O)C1=C(C(CCCC#CC[Si](C)(C)C)C(=O)OCC)CCCC1=O. The van der Waals surface area contributed by atoms with E-state index in [-0.39, 0.29) is 30.5 Å². The molecule has 0 amide bonds. The van der Waals surface area contributed by atoms with Crippen LogP contribution in [0, 0.1) is 17.8 Å². The standard InChI is InChI=1S/C22H34O5Si/c1-6-26-21(24)18(13-10-8-9-11-16-28(3,4)5)17-14-12-15-19(23)20(17)22(25)27-7-2/h18H,6-8,10,12-16H2,1-5H3. The molecule has 0 fully saturated rings. The van der Waals surface area contributed by atoms with Gasteiger partial charge in [0.2, 0.25) is 0 Å². The lowest BCUT2D eigenvalue weighted by Gasteiger charge is -2.24. The topological polar surface area (TPSA) is 69.7 Å². The molecular formula is C22H34O5Si. The van der Waals surface area contributed by atoms with E-state index in [0.717, 1.165) is 12.5 Å². The van der Waals surface area contributed by atoms with Crippen LogP contribution in [-0.2, 0) is 23.9 Å². The fourth-order valence-electron chi connectivity index (χ4n) is 3.15. The zero-order valence-electron chi connectivity index (χ0n) is 18.0. The fourth-order valence-corrected chi connectivity index (χ4v) is 3.81. The lowest BCUT2D eigenvalue weighted by atomic mass is 9.81. The summed E-state index contributed by atoms with van der Waals surface area (Å²) < 4.78 is 10.3. The van der Waals surface area contributed by atoms with Crippen LogP contribution >= 0.6 is 0 Å². The Kier molecular flexibility index (Phi) is 10.2. The third kappa shape index (κ3) is 8.01. The molecule has 1 unspecified atom stereocenters. The number of hydrogen-bond acceptors (Lipinski definition) is 5. The Balaban J connectivity index is 2.98. The van der Waals surface area contributed by atoms with Gasteiger partial charge in [0.25, 0.3) is 0 Å². The first kappa shape index (κ1) is 24.2. The van der Waals surface area contributed by atoms with E-state index in [1.165, 1.54) is 0 Å². The van der Waals surface area contributed by atoms with Gasteiger partial charge in [-0.1, -0.05) is 19.6 Å². The van der Waals surface area contributed by atoms with E-state index in [0.29, 0.717) is 37.7 Å². The van der Waals surface area contributed by atoms with E-state index >= 15 is 0 Å². The zero-order chi connectivity index (χ0) is 21.2. The quantitative estimate of drug-likeness (QED) is 0.188. The van der Waals surface area contributed by atoms with Crippen LogP contribution in [0.4, 0.5) is 0 Å². The maximum Gasteiger partial charge on any atom is 0.341 e. The Bertz CT molecular complexity index is 661. The number of esters is 2. The third-order valence-electron chi connectivity index (χ3n) is 4.46. The van der Waals surface area contributed by atoms with Crippen LogP contribution in [0.25, 0.3) is 0 Å². The van der Waals surface area contributed by atoms with Crippen LogP contribution in [0.1, 0.15) is 52.4 Å². The van der Waals surface area contributed by atoms with Crippen molar-refractivity contribution in [2.45, 2.75) is 78.1 Å². The van der Waals surface area contributed by atoms with Crippen molar-refractivity contribution in [3.63, 3.8) is 0 Å². The summed E-state index contributed by atoms with van der Waals surface area (Å²) in [5, 5.41) is 0. The van der Waals surface area contributed by atoms with Gasteiger partial charge in [0.15, 0.2) is 5.78 Å². The maximum atomic E-state index is 12.6. The van der Waals surface area contributed by atoms with Crippen LogP contribution in [0.15, 0.2) is 11.1 Å². The first-order valence-corrected chi connectivity index (χ1v) is 14.0. The largest absolute Gasteiger partial charge is 0.466 e. The van der Waals surface area contributed by atoms with E-state index in [9.17, 15) is 14.4 Å². The van der Waals surface area contributed by atoms with E-state index in [1.54, 1.807) is 13.8 Å². The Morgan fingerprint density at radius 1 is 1.07 bits per heavy atom. The number of ether oxygens (including phenoxy) is 2. The summed E-state index contributed by atoms with van der Waals surface area (Å²) in [5.41, 5.74) is 0.652. The van der Waals surface area contributed by atoms with Gasteiger partial charge in [-0.05, 0) is 45.1 Å². The Morgan fingerprint density at radius 3 is 2.36 bits per heavy atom. The molecule has 0 aromatic carbocycles. The zero-order valence-corrected chi connectivity index (χ0v) is 19.0. The average molecular weight is 407 g/mol. The van der Waals surface area contributed by atoms with E-state index < -0.39 is 20.0 Å². The predicted octanol–water partition coefficient (Wildman–Crippen LogP) is 4.29. The van der Waals surface area contributed by atoms with Gasteiger partial charge in [-0.25, -0.2) is 4.79 Å². The van der Waals surface area contributed by atoms with E-state index in [1.807, 2.05) is 0 Å². The molecule has 0 aromatic heterocycles. The van der Waals surface area contributed by atoms with Gasteiger partial charge in [0.05, 0.1) is 27.2 Å².